The summed E-state index contributed by atoms with van der Waals surface area (Å²) < 4.78 is 14.0. The average molecular weight is 743 g/mol. The molecule has 7 rings (SSSR count). The maximum Gasteiger partial charge on any atom is 0.271 e. The number of anilines is 1. The molecule has 2 fully saturated rings. The highest BCUT2D eigenvalue weighted by molar-refractivity contribution is 6.99. The minimum atomic E-state index is -2.96. The number of ether oxygens (including phenoxy) is 1. The van der Waals surface area contributed by atoms with Crippen LogP contribution in [0.4, 0.5) is 11.4 Å². The van der Waals surface area contributed by atoms with Gasteiger partial charge in [0.25, 0.3) is 14.0 Å². The Morgan fingerprint density at radius 1 is 0.926 bits per heavy atom. The van der Waals surface area contributed by atoms with Gasteiger partial charge in [0.2, 0.25) is 11.8 Å². The van der Waals surface area contributed by atoms with Crippen LogP contribution in [0.25, 0.3) is 6.08 Å². The first-order chi connectivity index (χ1) is 25.9. The molecule has 278 valence electrons. The van der Waals surface area contributed by atoms with E-state index in [1.807, 2.05) is 24.3 Å². The van der Waals surface area contributed by atoms with Crippen molar-refractivity contribution in [3.8, 4) is 5.75 Å². The second-order valence-electron chi connectivity index (χ2n) is 15.7. The summed E-state index contributed by atoms with van der Waals surface area (Å²) in [7, 11) is -2.96. The predicted molar refractivity (Wildman–Crippen MR) is 212 cm³/mol. The number of nitrogens with zero attached hydrogens (tertiary/aromatic N) is 2. The molecule has 4 atom stereocenters. The van der Waals surface area contributed by atoms with Crippen LogP contribution in [0.15, 0.2) is 126 Å². The smallest absolute Gasteiger partial charge is 0.271 e. The van der Waals surface area contributed by atoms with Crippen LogP contribution in [-0.2, 0) is 18.8 Å². The fourth-order valence-corrected chi connectivity index (χ4v) is 13.4. The van der Waals surface area contributed by atoms with Crippen molar-refractivity contribution in [2.75, 3.05) is 18.1 Å². The lowest BCUT2D eigenvalue weighted by Gasteiger charge is -2.44. The Labute approximate surface area is 317 Å². The lowest BCUT2D eigenvalue weighted by molar-refractivity contribution is -0.384. The third kappa shape index (κ3) is 6.85. The van der Waals surface area contributed by atoms with Crippen LogP contribution in [0.5, 0.6) is 5.75 Å². The highest BCUT2D eigenvalue weighted by atomic mass is 28.4. The summed E-state index contributed by atoms with van der Waals surface area (Å²) in [6.07, 6.45) is 3.59. The number of nitro groups is 1. The van der Waals surface area contributed by atoms with Crippen LogP contribution in [0.2, 0.25) is 5.04 Å². The van der Waals surface area contributed by atoms with E-state index in [1.165, 1.54) is 18.2 Å². The number of carbonyl (C=O) groups is 2. The number of amides is 2. The largest absolute Gasteiger partial charge is 0.508 e. The van der Waals surface area contributed by atoms with Gasteiger partial charge >= 0.3 is 0 Å². The summed E-state index contributed by atoms with van der Waals surface area (Å²) in [5.74, 6) is -2.07. The second-order valence-corrected chi connectivity index (χ2v) is 20.0. The Kier molecular flexibility index (Phi) is 10.3. The van der Waals surface area contributed by atoms with E-state index < -0.39 is 25.1 Å². The van der Waals surface area contributed by atoms with Gasteiger partial charge in [-0.2, -0.15) is 0 Å². The molecule has 0 aromatic heterocycles. The Hall–Kier alpha value is -5.16. The van der Waals surface area contributed by atoms with Crippen molar-refractivity contribution < 1.29 is 28.8 Å². The Morgan fingerprint density at radius 2 is 1.57 bits per heavy atom. The zero-order valence-electron chi connectivity index (χ0n) is 31.1. The summed E-state index contributed by atoms with van der Waals surface area (Å²) in [6, 6.07) is 33.7. The zero-order chi connectivity index (χ0) is 38.2. The van der Waals surface area contributed by atoms with Crippen LogP contribution in [-0.4, -0.2) is 49.5 Å². The number of aromatic hydroxyl groups is 1. The maximum atomic E-state index is 14.3. The van der Waals surface area contributed by atoms with Crippen LogP contribution >= 0.6 is 0 Å². The quantitative estimate of drug-likeness (QED) is 0.0553. The minimum absolute atomic E-state index is 0.179. The van der Waals surface area contributed by atoms with E-state index in [9.17, 15) is 24.8 Å². The molecule has 4 aromatic carbocycles. The van der Waals surface area contributed by atoms with Gasteiger partial charge in [-0.05, 0) is 76.5 Å². The van der Waals surface area contributed by atoms with Crippen molar-refractivity contribution in [1.29, 1.82) is 0 Å². The van der Waals surface area contributed by atoms with E-state index in [0.29, 0.717) is 19.4 Å². The number of hydrogen-bond acceptors (Lipinski definition) is 7. The number of phenolic OH excluding ortho intramolecular Hbond substituents is 1. The molecular weight excluding hydrogens is 697 g/mol. The number of phenols is 1. The average Bonchev–Trinajstić information content (AvgIpc) is 3.69. The molecule has 4 aromatic rings. The molecule has 0 saturated carbocycles. The number of non-ortho nitro benzene ring substituents is 1. The molecule has 0 radical (unpaired) electrons. The molecule has 54 heavy (non-hydrogen) atoms. The van der Waals surface area contributed by atoms with Gasteiger partial charge in [-0.25, -0.2) is 4.90 Å². The van der Waals surface area contributed by atoms with Gasteiger partial charge < -0.3 is 14.3 Å². The Bertz CT molecular complexity index is 2070. The SMILES string of the molecule is C/C(=C\c1ccc(O)cc1)CC[C@H]1OC[C@H]2C1=C(CO[Si](c1ccccc1)(c1ccccc1)C(C)(C)C)C[C@H]1C(=O)N(c3cccc([N+](=O)[O-])c3)C(=O)[C@H]12. The maximum absolute atomic E-state index is 14.3. The van der Waals surface area contributed by atoms with E-state index in [0.717, 1.165) is 44.0 Å². The molecule has 1 aliphatic carbocycles. The Morgan fingerprint density at radius 3 is 2.19 bits per heavy atom. The van der Waals surface area contributed by atoms with Crippen LogP contribution in [0, 0.1) is 27.9 Å². The third-order valence-electron chi connectivity index (χ3n) is 11.3. The van der Waals surface area contributed by atoms with E-state index in [4.69, 9.17) is 9.16 Å². The number of benzene rings is 4. The molecule has 9 nitrogen and oxygen atoms in total. The first kappa shape index (κ1) is 37.2. The fourth-order valence-electron chi connectivity index (χ4n) is 8.85. The van der Waals surface area contributed by atoms with Crippen LogP contribution < -0.4 is 15.3 Å². The first-order valence-corrected chi connectivity index (χ1v) is 20.5. The van der Waals surface area contributed by atoms with Gasteiger partial charge in [-0.1, -0.05) is 111 Å². The second kappa shape index (κ2) is 14.9. The number of imide groups is 1. The topological polar surface area (TPSA) is 119 Å². The highest BCUT2D eigenvalue weighted by Gasteiger charge is 2.58. The fraction of sp³-hybridized carbons (Fsp3) is 0.318. The summed E-state index contributed by atoms with van der Waals surface area (Å²) in [5, 5.41) is 23.4. The number of nitro benzene ring substituents is 1. The highest BCUT2D eigenvalue weighted by Crippen LogP contribution is 2.51. The van der Waals surface area contributed by atoms with E-state index >= 15 is 0 Å². The van der Waals surface area contributed by atoms with Gasteiger partial charge in [-0.3, -0.25) is 19.7 Å². The molecule has 2 heterocycles. The summed E-state index contributed by atoms with van der Waals surface area (Å²) in [6.45, 7) is 9.36. The molecule has 10 heteroatoms. The lowest BCUT2D eigenvalue weighted by Crippen LogP contribution is -2.66. The molecule has 3 aliphatic rings. The molecule has 0 spiro atoms. The number of allylic oxidation sites excluding steroid dienone is 1. The van der Waals surface area contributed by atoms with Crippen molar-refractivity contribution in [1.82, 2.24) is 0 Å². The number of rotatable bonds is 11. The summed E-state index contributed by atoms with van der Waals surface area (Å²) >= 11 is 0. The minimum Gasteiger partial charge on any atom is -0.508 e. The number of hydrogen-bond donors (Lipinski definition) is 1. The van der Waals surface area contributed by atoms with Gasteiger partial charge in [0.15, 0.2) is 0 Å². The lowest BCUT2D eigenvalue weighted by atomic mass is 9.69. The van der Waals surface area contributed by atoms with Crippen molar-refractivity contribution in [3.05, 3.63) is 142 Å². The number of carbonyl (C=O) groups excluding carboxylic acids is 2. The molecule has 0 unspecified atom stereocenters. The molecule has 2 amide bonds. The molecule has 2 aliphatic heterocycles. The van der Waals surface area contributed by atoms with E-state index in [2.05, 4.69) is 82.3 Å². The van der Waals surface area contributed by atoms with E-state index in [-0.39, 0.29) is 52.6 Å². The van der Waals surface area contributed by atoms with Gasteiger partial charge in [-0.15, -0.1) is 0 Å². The monoisotopic (exact) mass is 742 g/mol. The van der Waals surface area contributed by atoms with Crippen molar-refractivity contribution in [3.63, 3.8) is 0 Å². The molecular formula is C44H46N2O7Si. The molecule has 2 saturated heterocycles. The molecule has 0 bridgehead atoms. The normalized spacial score (nSPS) is 21.7. The van der Waals surface area contributed by atoms with Gasteiger partial charge in [0.1, 0.15) is 5.75 Å². The van der Waals surface area contributed by atoms with E-state index in [1.54, 1.807) is 18.2 Å². The van der Waals surface area contributed by atoms with Crippen LogP contribution in [0.1, 0.15) is 52.5 Å². The third-order valence-corrected chi connectivity index (χ3v) is 16.3. The summed E-state index contributed by atoms with van der Waals surface area (Å²) in [4.78, 5) is 40.9. The predicted octanol–water partition coefficient (Wildman–Crippen LogP) is 7.58. The standard InChI is InChI=1S/C44H46N2O7Si/c1-29(24-30-19-21-34(47)22-20-30)18-23-39-40-31(27-53-54(44(2,3)4,35-14-7-5-8-15-35)36-16-9-6-10-17-36)25-37-41(38(40)28-52-39)43(49)45(42(37)48)32-12-11-13-33(26-32)46(50)51/h5-17,19-22,24,26,37-39,41,47H,18,23,25,27-28H2,1-4H3/b29-24+/t37-,38+,39-,41-/m1/s1. The Balaban J connectivity index is 1.27. The number of fused-ring (bicyclic) bond motifs is 3. The molecule has 1 N–H and O–H groups in total. The van der Waals surface area contributed by atoms with Crippen molar-refractivity contribution in [2.45, 2.75) is 58.1 Å². The first-order valence-electron chi connectivity index (χ1n) is 18.6. The van der Waals surface area contributed by atoms with Gasteiger partial charge in [0, 0.05) is 18.1 Å². The van der Waals surface area contributed by atoms with Crippen LogP contribution in [0.3, 0.4) is 0 Å². The van der Waals surface area contributed by atoms with Crippen molar-refractivity contribution in [2.24, 2.45) is 17.8 Å². The zero-order valence-corrected chi connectivity index (χ0v) is 32.1. The van der Waals surface area contributed by atoms with Crippen molar-refractivity contribution >= 4 is 48.0 Å². The summed E-state index contributed by atoms with van der Waals surface area (Å²) in [5.41, 5.74) is 4.22. The van der Waals surface area contributed by atoms with Gasteiger partial charge in [0.05, 0.1) is 41.8 Å².